The third-order valence-electron chi connectivity index (χ3n) is 1.99. The summed E-state index contributed by atoms with van der Waals surface area (Å²) in [5.74, 6) is -1.06. The Balaban J connectivity index is 2.65. The molecule has 0 bridgehead atoms. The van der Waals surface area contributed by atoms with Gasteiger partial charge in [-0.3, -0.25) is 14.1 Å². The molecule has 17 heavy (non-hydrogen) atoms. The smallest absolute Gasteiger partial charge is 0.266 e. The van der Waals surface area contributed by atoms with E-state index in [4.69, 9.17) is 4.55 Å². The topological polar surface area (TPSA) is 105 Å². The number of hydrogen-bond donors (Lipinski definition) is 2. The number of nitrogens with zero attached hydrogens (tertiary/aromatic N) is 1. The molecule has 0 saturated heterocycles. The van der Waals surface area contributed by atoms with E-state index in [-0.39, 0.29) is 17.7 Å². The van der Waals surface area contributed by atoms with E-state index in [0.29, 0.717) is 0 Å². The van der Waals surface area contributed by atoms with E-state index >= 15 is 0 Å². The zero-order chi connectivity index (χ0) is 13.1. The fourth-order valence-electron chi connectivity index (χ4n) is 1.12. The van der Waals surface area contributed by atoms with Gasteiger partial charge in [-0.1, -0.05) is 0 Å². The number of aryl methyl sites for hydroxylation is 1. The lowest BCUT2D eigenvalue weighted by Crippen LogP contribution is -2.30. The molecule has 0 aliphatic rings. The molecule has 7 nitrogen and oxygen atoms in total. The van der Waals surface area contributed by atoms with Gasteiger partial charge < -0.3 is 9.88 Å². The van der Waals surface area contributed by atoms with E-state index < -0.39 is 21.8 Å². The molecule has 1 aromatic heterocycles. The van der Waals surface area contributed by atoms with Crippen molar-refractivity contribution in [2.24, 2.45) is 7.05 Å². The van der Waals surface area contributed by atoms with E-state index in [2.05, 4.69) is 5.32 Å². The Morgan fingerprint density at radius 2 is 2.12 bits per heavy atom. The molecule has 0 atom stereocenters. The van der Waals surface area contributed by atoms with Crippen molar-refractivity contribution in [2.45, 2.75) is 0 Å². The van der Waals surface area contributed by atoms with E-state index in [1.54, 1.807) is 0 Å². The summed E-state index contributed by atoms with van der Waals surface area (Å²) in [6.07, 6.45) is 1.34. The van der Waals surface area contributed by atoms with Crippen LogP contribution in [-0.2, 0) is 17.2 Å². The van der Waals surface area contributed by atoms with Gasteiger partial charge in [0.15, 0.2) is 0 Å². The monoisotopic (exact) mass is 260 g/mol. The second kappa shape index (κ2) is 5.11. The van der Waals surface area contributed by atoms with Crippen LogP contribution < -0.4 is 10.9 Å². The quantitative estimate of drug-likeness (QED) is 0.676. The predicted octanol–water partition coefficient (Wildman–Crippen LogP) is -0.997. The van der Waals surface area contributed by atoms with Gasteiger partial charge in [-0.25, -0.2) is 0 Å². The lowest BCUT2D eigenvalue weighted by molar-refractivity contribution is 0.0955. The third kappa shape index (κ3) is 4.37. The van der Waals surface area contributed by atoms with Crippen LogP contribution in [0.2, 0.25) is 0 Å². The van der Waals surface area contributed by atoms with Gasteiger partial charge >= 0.3 is 0 Å². The van der Waals surface area contributed by atoms with Crippen LogP contribution in [0.25, 0.3) is 0 Å². The Kier molecular flexibility index (Phi) is 4.02. The van der Waals surface area contributed by atoms with E-state index in [1.165, 1.54) is 29.9 Å². The first-order valence-electron chi connectivity index (χ1n) is 4.69. The van der Waals surface area contributed by atoms with Gasteiger partial charge in [0.2, 0.25) is 5.56 Å². The number of rotatable bonds is 4. The van der Waals surface area contributed by atoms with Crippen LogP contribution in [0, 0.1) is 0 Å². The van der Waals surface area contributed by atoms with Crippen molar-refractivity contribution in [3.05, 3.63) is 34.2 Å². The summed E-state index contributed by atoms with van der Waals surface area (Å²) in [7, 11) is -2.59. The van der Waals surface area contributed by atoms with Crippen LogP contribution in [-0.4, -0.2) is 35.7 Å². The fraction of sp³-hybridized carbons (Fsp3) is 0.333. The van der Waals surface area contributed by atoms with Gasteiger partial charge in [-0.15, -0.1) is 0 Å². The largest absolute Gasteiger partial charge is 0.351 e. The van der Waals surface area contributed by atoms with Gasteiger partial charge in [0.05, 0.1) is 11.3 Å². The van der Waals surface area contributed by atoms with Gasteiger partial charge in [0.1, 0.15) is 0 Å². The van der Waals surface area contributed by atoms with Crippen LogP contribution in [0.15, 0.2) is 23.1 Å². The van der Waals surface area contributed by atoms with Crippen molar-refractivity contribution in [1.82, 2.24) is 9.88 Å². The molecule has 0 aromatic carbocycles. The molecule has 0 radical (unpaired) electrons. The number of amides is 1. The van der Waals surface area contributed by atoms with E-state index in [9.17, 15) is 18.0 Å². The Morgan fingerprint density at radius 1 is 1.47 bits per heavy atom. The molecule has 1 aromatic rings. The Labute approximate surface area is 97.8 Å². The lowest BCUT2D eigenvalue weighted by atomic mass is 10.2. The second-order valence-electron chi connectivity index (χ2n) is 3.41. The minimum absolute atomic E-state index is 0.194. The minimum Gasteiger partial charge on any atom is -0.351 e. The molecular weight excluding hydrogens is 248 g/mol. The van der Waals surface area contributed by atoms with Gasteiger partial charge in [0, 0.05) is 25.9 Å². The first-order chi connectivity index (χ1) is 7.79. The Morgan fingerprint density at radius 3 is 2.65 bits per heavy atom. The van der Waals surface area contributed by atoms with Crippen molar-refractivity contribution in [1.29, 1.82) is 0 Å². The number of hydrogen-bond acceptors (Lipinski definition) is 4. The van der Waals surface area contributed by atoms with Crippen LogP contribution in [0.4, 0.5) is 0 Å². The summed E-state index contributed by atoms with van der Waals surface area (Å²) < 4.78 is 30.5. The third-order valence-corrected chi connectivity index (χ3v) is 2.71. The predicted molar refractivity (Wildman–Crippen MR) is 60.4 cm³/mol. The molecule has 0 unspecified atom stereocenters. The highest BCUT2D eigenvalue weighted by atomic mass is 32.2. The zero-order valence-corrected chi connectivity index (χ0v) is 9.90. The minimum atomic E-state index is -4.09. The summed E-state index contributed by atoms with van der Waals surface area (Å²) in [5, 5.41) is 2.31. The maximum absolute atomic E-state index is 11.5. The molecule has 2 N–H and O–H groups in total. The van der Waals surface area contributed by atoms with Crippen LogP contribution in [0.1, 0.15) is 10.4 Å². The Hall–Kier alpha value is -1.67. The van der Waals surface area contributed by atoms with Gasteiger partial charge in [-0.05, 0) is 6.07 Å². The first kappa shape index (κ1) is 13.4. The van der Waals surface area contributed by atoms with Crippen molar-refractivity contribution >= 4 is 16.0 Å². The molecule has 94 valence electrons. The van der Waals surface area contributed by atoms with Crippen molar-refractivity contribution < 1.29 is 17.8 Å². The highest BCUT2D eigenvalue weighted by molar-refractivity contribution is 7.85. The van der Waals surface area contributed by atoms with Crippen LogP contribution in [0.5, 0.6) is 0 Å². The Bertz CT molecular complexity index is 575. The zero-order valence-electron chi connectivity index (χ0n) is 9.08. The summed E-state index contributed by atoms with van der Waals surface area (Å²) >= 11 is 0. The molecular formula is C9H12N2O5S. The summed E-state index contributed by atoms with van der Waals surface area (Å²) in [4.78, 5) is 22.5. The van der Waals surface area contributed by atoms with E-state index in [0.717, 1.165) is 0 Å². The fourth-order valence-corrected chi connectivity index (χ4v) is 1.48. The molecule has 1 amide bonds. The maximum atomic E-state index is 11.5. The van der Waals surface area contributed by atoms with Crippen LogP contribution >= 0.6 is 0 Å². The molecule has 0 saturated carbocycles. The lowest BCUT2D eigenvalue weighted by Gasteiger charge is -2.05. The number of pyridine rings is 1. The normalized spacial score (nSPS) is 11.2. The average Bonchev–Trinajstić information content (AvgIpc) is 2.20. The molecule has 0 spiro atoms. The van der Waals surface area contributed by atoms with E-state index in [1.807, 2.05) is 0 Å². The highest BCUT2D eigenvalue weighted by Gasteiger charge is 2.08. The summed E-state index contributed by atoms with van der Waals surface area (Å²) in [6, 6.07) is 2.57. The SMILES string of the molecule is Cn1cc(C(=O)NCCS(=O)(=O)O)ccc1=O. The van der Waals surface area contributed by atoms with Gasteiger partial charge in [-0.2, -0.15) is 8.42 Å². The van der Waals surface area contributed by atoms with Crippen molar-refractivity contribution in [3.63, 3.8) is 0 Å². The molecule has 0 fully saturated rings. The van der Waals surface area contributed by atoms with Gasteiger partial charge in [0.25, 0.3) is 16.0 Å². The highest BCUT2D eigenvalue weighted by Crippen LogP contribution is 1.94. The molecule has 1 rings (SSSR count). The molecule has 0 aliphatic carbocycles. The summed E-state index contributed by atoms with van der Waals surface area (Å²) in [6.45, 7) is -0.194. The number of nitrogens with one attached hydrogen (secondary N) is 1. The molecule has 0 aliphatic heterocycles. The van der Waals surface area contributed by atoms with Crippen molar-refractivity contribution in [3.8, 4) is 0 Å². The molecule has 1 heterocycles. The molecule has 8 heteroatoms. The number of carbonyl (C=O) groups is 1. The average molecular weight is 260 g/mol. The number of carbonyl (C=O) groups excluding carboxylic acids is 1. The summed E-state index contributed by atoms with van der Waals surface area (Å²) in [5.41, 5.74) is -0.0121. The maximum Gasteiger partial charge on any atom is 0.266 e. The standard InChI is InChI=1S/C9H12N2O5S/c1-11-6-7(2-3-8(11)12)9(13)10-4-5-17(14,15)16/h2-3,6H,4-5H2,1H3,(H,10,13)(H,14,15,16). The number of aromatic nitrogens is 1. The van der Waals surface area contributed by atoms with Crippen LogP contribution in [0.3, 0.4) is 0 Å². The second-order valence-corrected chi connectivity index (χ2v) is 4.98. The van der Waals surface area contributed by atoms with Crippen molar-refractivity contribution in [2.75, 3.05) is 12.3 Å². The first-order valence-corrected chi connectivity index (χ1v) is 6.30.